The molecule has 0 amide bonds. The Labute approximate surface area is 89.6 Å². The van der Waals surface area contributed by atoms with Gasteiger partial charge in [-0.1, -0.05) is 12.8 Å². The van der Waals surface area contributed by atoms with Crippen LogP contribution in [0.15, 0.2) is 4.63 Å². The Hall–Kier alpha value is -1.06. The number of aromatic nitrogens is 2. The summed E-state index contributed by atoms with van der Waals surface area (Å²) >= 11 is 0. The Morgan fingerprint density at radius 2 is 2.07 bits per heavy atom. The average Bonchev–Trinajstić information content (AvgIpc) is 2.82. The fourth-order valence-corrected chi connectivity index (χ4v) is 3.15. The van der Waals surface area contributed by atoms with Gasteiger partial charge in [0.05, 0.1) is 0 Å². The van der Waals surface area contributed by atoms with Gasteiger partial charge >= 0.3 is 0 Å². The summed E-state index contributed by atoms with van der Waals surface area (Å²) in [6, 6.07) is 0.663. The van der Waals surface area contributed by atoms with Gasteiger partial charge in [-0.2, -0.15) is 0 Å². The monoisotopic (exact) mass is 206 g/mol. The smallest absolute Gasteiger partial charge is 0.203 e. The first-order valence-corrected chi connectivity index (χ1v) is 5.92. The van der Waals surface area contributed by atoms with Gasteiger partial charge < -0.3 is 4.90 Å². The van der Waals surface area contributed by atoms with Gasteiger partial charge in [0.2, 0.25) is 5.82 Å². The van der Waals surface area contributed by atoms with Crippen LogP contribution >= 0.6 is 0 Å². The van der Waals surface area contributed by atoms with E-state index < -0.39 is 0 Å². The second-order valence-corrected chi connectivity index (χ2v) is 4.65. The number of rotatable bonds is 1. The fraction of sp³-hybridized carbons (Fsp3) is 0.818. The van der Waals surface area contributed by atoms with Crippen molar-refractivity contribution in [2.75, 3.05) is 11.4 Å². The maximum Gasteiger partial charge on any atom is 0.203 e. The van der Waals surface area contributed by atoms with E-state index >= 15 is 0 Å². The van der Waals surface area contributed by atoms with E-state index in [2.05, 4.69) is 26.0 Å². The molecule has 2 aliphatic rings. The van der Waals surface area contributed by atoms with Crippen LogP contribution in [0.4, 0.5) is 5.82 Å². The average molecular weight is 206 g/mol. The van der Waals surface area contributed by atoms with E-state index in [4.69, 9.17) is 0 Å². The van der Waals surface area contributed by atoms with Crippen molar-refractivity contribution in [2.24, 2.45) is 5.92 Å². The SMILES string of the molecule is [c]1nonc1N1CCCC2CCCCC21. The normalized spacial score (nSPS) is 31.3. The lowest BCUT2D eigenvalue weighted by Crippen LogP contribution is -2.47. The second kappa shape index (κ2) is 3.83. The molecular weight excluding hydrogens is 190 g/mol. The Morgan fingerprint density at radius 1 is 1.20 bits per heavy atom. The molecule has 1 aromatic rings. The number of hydrogen-bond donors (Lipinski definition) is 0. The van der Waals surface area contributed by atoms with Crippen LogP contribution < -0.4 is 4.90 Å². The van der Waals surface area contributed by atoms with Crippen LogP contribution in [0, 0.1) is 12.1 Å². The highest BCUT2D eigenvalue weighted by Crippen LogP contribution is 2.36. The summed E-state index contributed by atoms with van der Waals surface area (Å²) < 4.78 is 4.65. The highest BCUT2D eigenvalue weighted by atomic mass is 16.6. The lowest BCUT2D eigenvalue weighted by atomic mass is 9.78. The lowest BCUT2D eigenvalue weighted by Gasteiger charge is -2.43. The zero-order valence-corrected chi connectivity index (χ0v) is 8.85. The highest BCUT2D eigenvalue weighted by Gasteiger charge is 2.34. The molecular formula is C11H16N3O. The number of fused-ring (bicyclic) bond motifs is 1. The summed E-state index contributed by atoms with van der Waals surface area (Å²) in [5.74, 6) is 1.67. The summed E-state index contributed by atoms with van der Waals surface area (Å²) in [7, 11) is 0. The van der Waals surface area contributed by atoms with Gasteiger partial charge in [-0.15, -0.1) is 0 Å². The quantitative estimate of drug-likeness (QED) is 0.705. The molecule has 0 N–H and O–H groups in total. The molecule has 2 unspecified atom stereocenters. The Morgan fingerprint density at radius 3 is 2.93 bits per heavy atom. The first-order valence-electron chi connectivity index (χ1n) is 5.92. The van der Waals surface area contributed by atoms with Gasteiger partial charge in [-0.25, -0.2) is 4.63 Å². The Bertz CT molecular complexity index is 310. The van der Waals surface area contributed by atoms with E-state index in [0.717, 1.165) is 18.3 Å². The van der Waals surface area contributed by atoms with Crippen LogP contribution in [0.2, 0.25) is 0 Å². The van der Waals surface area contributed by atoms with E-state index in [9.17, 15) is 0 Å². The largest absolute Gasteiger partial charge is 0.349 e. The summed E-state index contributed by atoms with van der Waals surface area (Å²) in [5.41, 5.74) is 0. The molecule has 1 aromatic heterocycles. The first kappa shape index (κ1) is 9.19. The number of anilines is 1. The topological polar surface area (TPSA) is 42.2 Å². The molecule has 2 atom stereocenters. The van der Waals surface area contributed by atoms with Gasteiger partial charge in [0.25, 0.3) is 0 Å². The molecule has 4 heteroatoms. The Balaban J connectivity index is 1.82. The highest BCUT2D eigenvalue weighted by molar-refractivity contribution is 5.35. The van der Waals surface area contributed by atoms with Crippen molar-refractivity contribution >= 4 is 5.82 Å². The third-order valence-corrected chi connectivity index (χ3v) is 3.83. The molecule has 1 aliphatic carbocycles. The summed E-state index contributed by atoms with van der Waals surface area (Å²) in [5, 5.41) is 7.50. The third-order valence-electron chi connectivity index (χ3n) is 3.83. The van der Waals surface area contributed by atoms with Crippen LogP contribution in [0.25, 0.3) is 0 Å². The van der Waals surface area contributed by atoms with Crippen LogP contribution in [-0.2, 0) is 0 Å². The second-order valence-electron chi connectivity index (χ2n) is 4.65. The van der Waals surface area contributed by atoms with E-state index in [1.165, 1.54) is 38.5 Å². The maximum atomic E-state index is 4.65. The van der Waals surface area contributed by atoms with Gasteiger partial charge in [-0.3, -0.25) is 0 Å². The molecule has 1 saturated carbocycles. The van der Waals surface area contributed by atoms with E-state index in [1.807, 2.05) is 0 Å². The minimum Gasteiger partial charge on any atom is -0.349 e. The third kappa shape index (κ3) is 1.62. The molecule has 4 nitrogen and oxygen atoms in total. The van der Waals surface area contributed by atoms with E-state index in [1.54, 1.807) is 0 Å². The molecule has 81 valence electrons. The Kier molecular flexibility index (Phi) is 2.35. The molecule has 0 aromatic carbocycles. The van der Waals surface area contributed by atoms with Crippen LogP contribution in [-0.4, -0.2) is 22.9 Å². The predicted octanol–water partition coefficient (Wildman–Crippen LogP) is 2.03. The van der Waals surface area contributed by atoms with Gasteiger partial charge in [0.1, 0.15) is 0 Å². The molecule has 1 saturated heterocycles. The van der Waals surface area contributed by atoms with Crippen molar-refractivity contribution in [3.63, 3.8) is 0 Å². The molecule has 1 aliphatic heterocycles. The molecule has 0 bridgehead atoms. The van der Waals surface area contributed by atoms with Crippen LogP contribution in [0.3, 0.4) is 0 Å². The van der Waals surface area contributed by atoms with Gasteiger partial charge in [0, 0.05) is 12.6 Å². The molecule has 0 spiro atoms. The zero-order valence-electron chi connectivity index (χ0n) is 8.85. The van der Waals surface area contributed by atoms with E-state index in [-0.39, 0.29) is 0 Å². The first-order chi connectivity index (χ1) is 7.45. The number of piperidine rings is 1. The minimum absolute atomic E-state index is 0.663. The zero-order chi connectivity index (χ0) is 10.1. The summed E-state index contributed by atoms with van der Waals surface area (Å²) in [6.07, 6.45) is 10.9. The minimum atomic E-state index is 0.663. The molecule has 1 radical (unpaired) electrons. The maximum absolute atomic E-state index is 4.65. The molecule has 2 heterocycles. The van der Waals surface area contributed by atoms with Gasteiger partial charge in [-0.05, 0) is 41.9 Å². The number of hydrogen-bond acceptors (Lipinski definition) is 4. The predicted molar refractivity (Wildman–Crippen MR) is 55.5 cm³/mol. The van der Waals surface area contributed by atoms with Crippen molar-refractivity contribution < 1.29 is 4.63 Å². The lowest BCUT2D eigenvalue weighted by molar-refractivity contribution is 0.239. The molecule has 15 heavy (non-hydrogen) atoms. The van der Waals surface area contributed by atoms with Crippen LogP contribution in [0.1, 0.15) is 38.5 Å². The van der Waals surface area contributed by atoms with Crippen LogP contribution in [0.5, 0.6) is 0 Å². The van der Waals surface area contributed by atoms with Crippen molar-refractivity contribution in [3.8, 4) is 0 Å². The summed E-state index contributed by atoms with van der Waals surface area (Å²) in [6.45, 7) is 1.09. The van der Waals surface area contributed by atoms with Crippen molar-refractivity contribution in [1.29, 1.82) is 0 Å². The summed E-state index contributed by atoms with van der Waals surface area (Å²) in [4.78, 5) is 2.35. The standard InChI is InChI=1S/C11H16N3O/c1-2-6-10-9(4-1)5-3-7-14(10)11-8-12-15-13-11/h9-10H,1-7H2. The molecule has 3 rings (SSSR count). The van der Waals surface area contributed by atoms with E-state index in [0.29, 0.717) is 6.04 Å². The van der Waals surface area contributed by atoms with Crippen molar-refractivity contribution in [2.45, 2.75) is 44.6 Å². The number of nitrogens with zero attached hydrogens (tertiary/aromatic N) is 3. The van der Waals surface area contributed by atoms with Gasteiger partial charge in [0.15, 0.2) is 6.20 Å². The van der Waals surface area contributed by atoms with Crippen molar-refractivity contribution in [1.82, 2.24) is 10.3 Å². The van der Waals surface area contributed by atoms with Crippen molar-refractivity contribution in [3.05, 3.63) is 6.20 Å². The molecule has 2 fully saturated rings. The fourth-order valence-electron chi connectivity index (χ4n) is 3.15.